The van der Waals surface area contributed by atoms with E-state index in [-0.39, 0.29) is 17.9 Å². The maximum atomic E-state index is 12.2. The number of fused-ring (bicyclic) bond motifs is 1. The van der Waals surface area contributed by atoms with E-state index >= 15 is 0 Å². The molecule has 2 atom stereocenters. The standard InChI is InChI=1S/C19H21NO2S/c1-14(13-23-17-8-3-2-4-9-17)19(21)20-12-16-11-15-7-5-6-10-18(15)22-16/h2-10,14,16H,11-13H2,1H3,(H,20,21). The summed E-state index contributed by atoms with van der Waals surface area (Å²) in [5, 5.41) is 3.02. The van der Waals surface area contributed by atoms with Crippen molar-refractivity contribution in [2.24, 2.45) is 5.92 Å². The van der Waals surface area contributed by atoms with Crippen LogP contribution in [-0.2, 0) is 11.2 Å². The molecule has 0 bridgehead atoms. The number of thioether (sulfide) groups is 1. The van der Waals surface area contributed by atoms with E-state index in [0.29, 0.717) is 6.54 Å². The van der Waals surface area contributed by atoms with Gasteiger partial charge in [-0.05, 0) is 23.8 Å². The minimum atomic E-state index is -0.0241. The fraction of sp³-hybridized carbons (Fsp3) is 0.316. The van der Waals surface area contributed by atoms with Crippen LogP contribution in [0.5, 0.6) is 5.75 Å². The van der Waals surface area contributed by atoms with E-state index in [1.807, 2.05) is 43.3 Å². The van der Waals surface area contributed by atoms with Crippen molar-refractivity contribution in [2.45, 2.75) is 24.3 Å². The first-order chi connectivity index (χ1) is 11.2. The summed E-state index contributed by atoms with van der Waals surface area (Å²) in [7, 11) is 0. The molecule has 3 nitrogen and oxygen atoms in total. The fourth-order valence-corrected chi connectivity index (χ4v) is 3.51. The third kappa shape index (κ3) is 4.29. The van der Waals surface area contributed by atoms with Crippen LogP contribution in [0.1, 0.15) is 12.5 Å². The van der Waals surface area contributed by atoms with Gasteiger partial charge in [0, 0.05) is 23.0 Å². The second-order valence-electron chi connectivity index (χ2n) is 5.82. The Morgan fingerprint density at radius 2 is 1.96 bits per heavy atom. The van der Waals surface area contributed by atoms with Gasteiger partial charge in [0.2, 0.25) is 5.91 Å². The summed E-state index contributed by atoms with van der Waals surface area (Å²) in [4.78, 5) is 13.4. The fourth-order valence-electron chi connectivity index (χ4n) is 2.57. The number of rotatable bonds is 6. The molecule has 2 aromatic rings. The Kier molecular flexibility index (Phi) is 5.23. The summed E-state index contributed by atoms with van der Waals surface area (Å²) >= 11 is 1.71. The molecule has 4 heteroatoms. The van der Waals surface area contributed by atoms with Gasteiger partial charge in [0.05, 0.1) is 6.54 Å². The Balaban J connectivity index is 1.41. The molecule has 120 valence electrons. The number of nitrogens with one attached hydrogen (secondary N) is 1. The zero-order valence-electron chi connectivity index (χ0n) is 13.2. The molecule has 23 heavy (non-hydrogen) atoms. The summed E-state index contributed by atoms with van der Waals surface area (Å²) in [5.74, 6) is 1.79. The van der Waals surface area contributed by atoms with Crippen LogP contribution in [0.25, 0.3) is 0 Å². The van der Waals surface area contributed by atoms with Crippen molar-refractivity contribution in [2.75, 3.05) is 12.3 Å². The highest BCUT2D eigenvalue weighted by molar-refractivity contribution is 7.99. The Bertz CT molecular complexity index is 634. The molecule has 0 fully saturated rings. The SMILES string of the molecule is CC(CSc1ccccc1)C(=O)NCC1Cc2ccccc2O1. The molecular weight excluding hydrogens is 306 g/mol. The van der Waals surface area contributed by atoms with Gasteiger partial charge in [-0.3, -0.25) is 4.79 Å². The molecule has 0 radical (unpaired) electrons. The van der Waals surface area contributed by atoms with Crippen molar-refractivity contribution >= 4 is 17.7 Å². The highest BCUT2D eigenvalue weighted by Crippen LogP contribution is 2.27. The molecule has 1 N–H and O–H groups in total. The highest BCUT2D eigenvalue weighted by atomic mass is 32.2. The quantitative estimate of drug-likeness (QED) is 0.825. The number of hydrogen-bond acceptors (Lipinski definition) is 3. The molecule has 1 heterocycles. The molecule has 0 saturated carbocycles. The number of ether oxygens (including phenoxy) is 1. The molecule has 3 rings (SSSR count). The summed E-state index contributed by atoms with van der Waals surface area (Å²) in [6.45, 7) is 2.53. The molecule has 0 aromatic heterocycles. The van der Waals surface area contributed by atoms with E-state index in [9.17, 15) is 4.79 Å². The second-order valence-corrected chi connectivity index (χ2v) is 6.92. The van der Waals surface area contributed by atoms with Crippen LogP contribution < -0.4 is 10.1 Å². The van der Waals surface area contributed by atoms with Crippen LogP contribution in [0.2, 0.25) is 0 Å². The predicted octanol–water partition coefficient (Wildman–Crippen LogP) is 3.53. The van der Waals surface area contributed by atoms with Crippen molar-refractivity contribution in [3.63, 3.8) is 0 Å². The summed E-state index contributed by atoms with van der Waals surface area (Å²) < 4.78 is 5.85. The van der Waals surface area contributed by atoms with Gasteiger partial charge in [-0.25, -0.2) is 0 Å². The lowest BCUT2D eigenvalue weighted by molar-refractivity contribution is -0.124. The van der Waals surface area contributed by atoms with Gasteiger partial charge >= 0.3 is 0 Å². The van der Waals surface area contributed by atoms with Gasteiger partial charge < -0.3 is 10.1 Å². The molecule has 1 aliphatic rings. The van der Waals surface area contributed by atoms with Crippen molar-refractivity contribution in [1.82, 2.24) is 5.32 Å². The first kappa shape index (κ1) is 15.9. The average Bonchev–Trinajstić information content (AvgIpc) is 3.01. The Morgan fingerprint density at radius 3 is 2.74 bits per heavy atom. The minimum absolute atomic E-state index is 0.0241. The smallest absolute Gasteiger partial charge is 0.223 e. The van der Waals surface area contributed by atoms with E-state index < -0.39 is 0 Å². The molecule has 2 aromatic carbocycles. The van der Waals surface area contributed by atoms with Gasteiger partial charge in [-0.15, -0.1) is 11.8 Å². The van der Waals surface area contributed by atoms with Crippen molar-refractivity contribution in [1.29, 1.82) is 0 Å². The third-order valence-electron chi connectivity index (χ3n) is 3.91. The Labute approximate surface area is 141 Å². The summed E-state index contributed by atoms with van der Waals surface area (Å²) in [6, 6.07) is 18.2. The summed E-state index contributed by atoms with van der Waals surface area (Å²) in [6.07, 6.45) is 0.911. The van der Waals surface area contributed by atoms with Gasteiger partial charge in [0.15, 0.2) is 0 Å². The number of carbonyl (C=O) groups is 1. The first-order valence-corrected chi connectivity index (χ1v) is 8.91. The molecule has 0 aliphatic carbocycles. The first-order valence-electron chi connectivity index (χ1n) is 7.92. The monoisotopic (exact) mass is 327 g/mol. The Hall–Kier alpha value is -1.94. The van der Waals surface area contributed by atoms with Crippen molar-refractivity contribution in [3.8, 4) is 5.75 Å². The van der Waals surface area contributed by atoms with E-state index in [2.05, 4.69) is 23.5 Å². The maximum absolute atomic E-state index is 12.2. The Morgan fingerprint density at radius 1 is 1.22 bits per heavy atom. The number of carbonyl (C=O) groups excluding carboxylic acids is 1. The second kappa shape index (κ2) is 7.55. The molecule has 0 saturated heterocycles. The lowest BCUT2D eigenvalue weighted by Gasteiger charge is -2.15. The number of amides is 1. The van der Waals surface area contributed by atoms with Crippen LogP contribution in [0.3, 0.4) is 0 Å². The summed E-state index contributed by atoms with van der Waals surface area (Å²) in [5.41, 5.74) is 1.22. The van der Waals surface area contributed by atoms with Gasteiger partial charge in [-0.2, -0.15) is 0 Å². The number of para-hydroxylation sites is 1. The van der Waals surface area contributed by atoms with Gasteiger partial charge in [-0.1, -0.05) is 43.3 Å². The largest absolute Gasteiger partial charge is 0.488 e. The third-order valence-corrected chi connectivity index (χ3v) is 5.18. The maximum Gasteiger partial charge on any atom is 0.223 e. The molecule has 2 unspecified atom stereocenters. The van der Waals surface area contributed by atoms with Crippen LogP contribution in [0.15, 0.2) is 59.5 Å². The minimum Gasteiger partial charge on any atom is -0.488 e. The van der Waals surface area contributed by atoms with E-state index in [4.69, 9.17) is 4.74 Å². The zero-order chi connectivity index (χ0) is 16.1. The van der Waals surface area contributed by atoms with E-state index in [1.165, 1.54) is 10.5 Å². The normalized spacial score (nSPS) is 17.2. The van der Waals surface area contributed by atoms with Gasteiger partial charge in [0.1, 0.15) is 11.9 Å². The van der Waals surface area contributed by atoms with E-state index in [0.717, 1.165) is 17.9 Å². The van der Waals surface area contributed by atoms with Crippen LogP contribution in [0.4, 0.5) is 0 Å². The van der Waals surface area contributed by atoms with Gasteiger partial charge in [0.25, 0.3) is 0 Å². The van der Waals surface area contributed by atoms with Crippen LogP contribution >= 0.6 is 11.8 Å². The highest BCUT2D eigenvalue weighted by Gasteiger charge is 2.23. The lowest BCUT2D eigenvalue weighted by Crippen LogP contribution is -2.37. The lowest BCUT2D eigenvalue weighted by atomic mass is 10.1. The average molecular weight is 327 g/mol. The van der Waals surface area contributed by atoms with Crippen LogP contribution in [0, 0.1) is 5.92 Å². The topological polar surface area (TPSA) is 38.3 Å². The predicted molar refractivity (Wildman–Crippen MR) is 93.9 cm³/mol. The van der Waals surface area contributed by atoms with Crippen molar-refractivity contribution < 1.29 is 9.53 Å². The molecule has 0 spiro atoms. The number of benzene rings is 2. The van der Waals surface area contributed by atoms with Crippen molar-refractivity contribution in [3.05, 3.63) is 60.2 Å². The molecular formula is C19H21NO2S. The van der Waals surface area contributed by atoms with E-state index in [1.54, 1.807) is 11.8 Å². The zero-order valence-corrected chi connectivity index (χ0v) is 14.0. The molecule has 1 aliphatic heterocycles. The molecule has 1 amide bonds. The number of hydrogen-bond donors (Lipinski definition) is 1. The van der Waals surface area contributed by atoms with Crippen LogP contribution in [-0.4, -0.2) is 24.3 Å².